The molecular weight excluding hydrogens is 244 g/mol. The molecule has 2 N–H and O–H groups in total. The van der Waals surface area contributed by atoms with E-state index in [-0.39, 0.29) is 0 Å². The summed E-state index contributed by atoms with van der Waals surface area (Å²) in [5.74, 6) is 3.96. The van der Waals surface area contributed by atoms with Crippen molar-refractivity contribution in [3.05, 3.63) is 0 Å². The lowest BCUT2D eigenvalue weighted by Gasteiger charge is -2.24. The molecule has 0 bridgehead atoms. The van der Waals surface area contributed by atoms with E-state index in [1.165, 1.54) is 37.2 Å². The highest BCUT2D eigenvalue weighted by Crippen LogP contribution is 2.58. The van der Waals surface area contributed by atoms with Crippen LogP contribution in [0.5, 0.6) is 0 Å². The average Bonchev–Trinajstić information content (AvgIpc) is 3.12. The molecule has 1 unspecified atom stereocenters. The van der Waals surface area contributed by atoms with E-state index in [1.807, 2.05) is 11.8 Å². The van der Waals surface area contributed by atoms with Gasteiger partial charge in [0.25, 0.3) is 0 Å². The number of carbonyl (C=O) groups is 1. The first-order valence-corrected chi connectivity index (χ1v) is 8.52. The third-order valence-corrected chi connectivity index (χ3v) is 6.06. The molecule has 3 aliphatic rings. The molecule has 4 heteroatoms. The van der Waals surface area contributed by atoms with Crippen molar-refractivity contribution in [2.75, 3.05) is 31.1 Å². The van der Waals surface area contributed by atoms with Crippen LogP contribution < -0.4 is 10.6 Å². The topological polar surface area (TPSA) is 41.1 Å². The molecule has 3 rings (SSSR count). The molecule has 0 aromatic rings. The Hall–Kier alpha value is -0.220. The average molecular weight is 268 g/mol. The first-order valence-electron chi connectivity index (χ1n) is 7.36. The Morgan fingerprint density at radius 2 is 2.00 bits per heavy atom. The Morgan fingerprint density at radius 3 is 2.72 bits per heavy atom. The van der Waals surface area contributed by atoms with Crippen LogP contribution in [0.1, 0.15) is 32.1 Å². The smallest absolute Gasteiger partial charge is 0.223 e. The van der Waals surface area contributed by atoms with Crippen molar-refractivity contribution in [3.63, 3.8) is 0 Å². The van der Waals surface area contributed by atoms with Crippen molar-refractivity contribution in [1.29, 1.82) is 0 Å². The van der Waals surface area contributed by atoms with Gasteiger partial charge in [-0.2, -0.15) is 11.8 Å². The first kappa shape index (κ1) is 12.8. The molecule has 3 fully saturated rings. The summed E-state index contributed by atoms with van der Waals surface area (Å²) < 4.78 is 0. The molecule has 1 aliphatic carbocycles. The zero-order chi connectivity index (χ0) is 12.4. The van der Waals surface area contributed by atoms with Crippen molar-refractivity contribution in [2.24, 2.45) is 17.3 Å². The van der Waals surface area contributed by atoms with Crippen LogP contribution in [0.25, 0.3) is 0 Å². The molecule has 102 valence electrons. The fourth-order valence-electron chi connectivity index (χ4n) is 3.51. The van der Waals surface area contributed by atoms with Crippen molar-refractivity contribution in [3.8, 4) is 0 Å². The Bertz CT molecular complexity index is 309. The molecule has 1 atom stereocenters. The number of amides is 1. The Kier molecular flexibility index (Phi) is 3.85. The Balaban J connectivity index is 1.42. The summed E-state index contributed by atoms with van der Waals surface area (Å²) in [6.07, 6.45) is 6.10. The lowest BCUT2D eigenvalue weighted by atomic mass is 9.91. The molecule has 3 nitrogen and oxygen atoms in total. The second kappa shape index (κ2) is 5.41. The number of carbonyl (C=O) groups excluding carboxylic acids is 1. The predicted octanol–water partition coefficient (Wildman–Crippen LogP) is 1.64. The van der Waals surface area contributed by atoms with Crippen LogP contribution >= 0.6 is 11.8 Å². The van der Waals surface area contributed by atoms with E-state index >= 15 is 0 Å². The molecule has 0 radical (unpaired) electrons. The van der Waals surface area contributed by atoms with Gasteiger partial charge in [-0.1, -0.05) is 0 Å². The zero-order valence-corrected chi connectivity index (χ0v) is 11.9. The van der Waals surface area contributed by atoms with Crippen LogP contribution in [-0.2, 0) is 4.79 Å². The van der Waals surface area contributed by atoms with Crippen molar-refractivity contribution >= 4 is 17.7 Å². The minimum Gasteiger partial charge on any atom is -0.356 e. The normalized spacial score (nSPS) is 31.2. The van der Waals surface area contributed by atoms with Crippen molar-refractivity contribution in [2.45, 2.75) is 32.1 Å². The fraction of sp³-hybridized carbons (Fsp3) is 0.929. The number of nitrogens with one attached hydrogen (secondary N) is 2. The van der Waals surface area contributed by atoms with Crippen LogP contribution in [0.4, 0.5) is 0 Å². The number of thioether (sulfide) groups is 1. The lowest BCUT2D eigenvalue weighted by molar-refractivity contribution is -0.123. The monoisotopic (exact) mass is 268 g/mol. The van der Waals surface area contributed by atoms with Crippen LogP contribution in [0.15, 0.2) is 0 Å². The van der Waals surface area contributed by atoms with Crippen LogP contribution in [0.2, 0.25) is 0 Å². The summed E-state index contributed by atoms with van der Waals surface area (Å²) in [4.78, 5) is 12.2. The molecule has 0 aromatic heterocycles. The molecule has 2 saturated heterocycles. The summed E-state index contributed by atoms with van der Waals surface area (Å²) in [5, 5.41) is 6.61. The highest BCUT2D eigenvalue weighted by molar-refractivity contribution is 7.99. The number of piperidine rings is 1. The molecule has 0 aromatic carbocycles. The van der Waals surface area contributed by atoms with Gasteiger partial charge < -0.3 is 10.6 Å². The molecule has 1 amide bonds. The molecule has 1 spiro atoms. The number of hydrogen-bond acceptors (Lipinski definition) is 3. The third kappa shape index (κ3) is 2.69. The van der Waals surface area contributed by atoms with Crippen LogP contribution in [-0.4, -0.2) is 37.0 Å². The van der Waals surface area contributed by atoms with Gasteiger partial charge in [0.15, 0.2) is 0 Å². The van der Waals surface area contributed by atoms with Crippen LogP contribution in [0, 0.1) is 17.3 Å². The van der Waals surface area contributed by atoms with Gasteiger partial charge in [-0.3, -0.25) is 4.79 Å². The first-order chi connectivity index (χ1) is 8.80. The number of rotatable bonds is 3. The molecule has 2 heterocycles. The van der Waals surface area contributed by atoms with Gasteiger partial charge in [-0.05, 0) is 68.0 Å². The largest absolute Gasteiger partial charge is 0.356 e. The van der Waals surface area contributed by atoms with Gasteiger partial charge >= 0.3 is 0 Å². The third-order valence-electron chi connectivity index (χ3n) is 5.01. The van der Waals surface area contributed by atoms with Gasteiger partial charge in [0.1, 0.15) is 0 Å². The highest BCUT2D eigenvalue weighted by Gasteiger charge is 2.57. The summed E-state index contributed by atoms with van der Waals surface area (Å²) in [5.41, 5.74) is 0.387. The molecule has 18 heavy (non-hydrogen) atoms. The number of hydrogen-bond donors (Lipinski definition) is 2. The van der Waals surface area contributed by atoms with Crippen molar-refractivity contribution < 1.29 is 4.79 Å². The van der Waals surface area contributed by atoms with E-state index in [9.17, 15) is 4.79 Å². The highest BCUT2D eigenvalue weighted by atomic mass is 32.2. The van der Waals surface area contributed by atoms with Gasteiger partial charge in [0.2, 0.25) is 5.91 Å². The minimum absolute atomic E-state index is 0.331. The maximum atomic E-state index is 12.2. The summed E-state index contributed by atoms with van der Waals surface area (Å²) in [7, 11) is 0. The molecule has 2 aliphatic heterocycles. The van der Waals surface area contributed by atoms with Gasteiger partial charge in [-0.15, -0.1) is 0 Å². The predicted molar refractivity (Wildman–Crippen MR) is 75.7 cm³/mol. The molecular formula is C14H24N2OS. The quantitative estimate of drug-likeness (QED) is 0.817. The van der Waals surface area contributed by atoms with E-state index in [0.717, 1.165) is 32.0 Å². The zero-order valence-electron chi connectivity index (χ0n) is 11.0. The van der Waals surface area contributed by atoms with E-state index in [2.05, 4.69) is 10.6 Å². The second-order valence-corrected chi connectivity index (χ2v) is 7.39. The fourth-order valence-corrected chi connectivity index (χ4v) is 4.72. The second-order valence-electron chi connectivity index (χ2n) is 6.17. The standard InChI is InChI=1S/C14H24N2OS/c17-13(16-10-11-1-7-18-8-2-11)12-9-14(12)3-5-15-6-4-14/h11-12,15H,1-10H2,(H,16,17). The Labute approximate surface area is 114 Å². The summed E-state index contributed by atoms with van der Waals surface area (Å²) in [6, 6.07) is 0. The lowest BCUT2D eigenvalue weighted by Crippen LogP contribution is -2.36. The minimum atomic E-state index is 0.331. The van der Waals surface area contributed by atoms with E-state index in [4.69, 9.17) is 0 Å². The maximum absolute atomic E-state index is 12.2. The van der Waals surface area contributed by atoms with E-state index in [1.54, 1.807) is 0 Å². The summed E-state index contributed by atoms with van der Waals surface area (Å²) in [6.45, 7) is 3.12. The van der Waals surface area contributed by atoms with Crippen LogP contribution in [0.3, 0.4) is 0 Å². The maximum Gasteiger partial charge on any atom is 0.223 e. The van der Waals surface area contributed by atoms with Crippen molar-refractivity contribution in [1.82, 2.24) is 10.6 Å². The summed E-state index contributed by atoms with van der Waals surface area (Å²) >= 11 is 2.05. The van der Waals surface area contributed by atoms with E-state index < -0.39 is 0 Å². The SMILES string of the molecule is O=C(NCC1CCSCC1)C1CC12CCNCC2. The Morgan fingerprint density at radius 1 is 1.28 bits per heavy atom. The van der Waals surface area contributed by atoms with Gasteiger partial charge in [0.05, 0.1) is 0 Å². The van der Waals surface area contributed by atoms with E-state index in [0.29, 0.717) is 17.2 Å². The molecule has 1 saturated carbocycles. The van der Waals surface area contributed by atoms with Gasteiger partial charge in [-0.25, -0.2) is 0 Å². The van der Waals surface area contributed by atoms with Gasteiger partial charge in [0, 0.05) is 12.5 Å².